The monoisotopic (exact) mass is 271 g/mol. The van der Waals surface area contributed by atoms with Crippen LogP contribution in [0, 0.1) is 0 Å². The molecule has 0 aromatic heterocycles. The minimum atomic E-state index is -0.509. The second-order valence-electron chi connectivity index (χ2n) is 3.54. The average Bonchev–Trinajstić information content (AvgIpc) is 2.37. The molecule has 3 nitrogen and oxygen atoms in total. The Labute approximate surface area is 111 Å². The molecule has 0 unspecified atom stereocenters. The fraction of sp³-hybridized carbons (Fsp3) is 0.417. The first-order valence-corrected chi connectivity index (χ1v) is 7.66. The van der Waals surface area contributed by atoms with Crippen LogP contribution in [0.1, 0.15) is 12.0 Å². The van der Waals surface area contributed by atoms with E-state index >= 15 is 0 Å². The molecule has 0 saturated carbocycles. The predicted octanol–water partition coefficient (Wildman–Crippen LogP) is 2.46. The molecule has 1 rings (SSSR count). The number of thioether (sulfide) groups is 1. The van der Waals surface area contributed by atoms with Crippen molar-refractivity contribution in [1.29, 1.82) is 0 Å². The van der Waals surface area contributed by atoms with Gasteiger partial charge in [-0.3, -0.25) is 0 Å². The van der Waals surface area contributed by atoms with Gasteiger partial charge in [0.1, 0.15) is 6.04 Å². The summed E-state index contributed by atoms with van der Waals surface area (Å²) < 4.78 is 5.05. The van der Waals surface area contributed by atoms with E-state index in [0.717, 1.165) is 23.4 Å². The van der Waals surface area contributed by atoms with Gasteiger partial charge in [-0.15, -0.1) is 0 Å². The predicted molar refractivity (Wildman–Crippen MR) is 74.8 cm³/mol. The highest BCUT2D eigenvalue weighted by molar-refractivity contribution is 7.98. The third-order valence-corrected chi connectivity index (χ3v) is 3.52. The first-order valence-electron chi connectivity index (χ1n) is 5.36. The van der Waals surface area contributed by atoms with Crippen molar-refractivity contribution < 1.29 is 8.98 Å². The molecule has 17 heavy (non-hydrogen) atoms. The lowest BCUT2D eigenvalue weighted by atomic mass is 10.2. The molecule has 0 aliphatic carbocycles. The largest absolute Gasteiger partial charge is 0.390 e. The van der Waals surface area contributed by atoms with Crippen molar-refractivity contribution in [2.75, 3.05) is 12.0 Å². The van der Waals surface area contributed by atoms with Crippen LogP contribution in [-0.4, -0.2) is 24.0 Å². The molecule has 0 aliphatic heterocycles. The fourth-order valence-corrected chi connectivity index (χ4v) is 2.27. The van der Waals surface area contributed by atoms with E-state index in [9.17, 15) is 4.79 Å². The maximum atomic E-state index is 11.5. The molecule has 2 N–H and O–H groups in total. The van der Waals surface area contributed by atoms with Crippen LogP contribution in [0.15, 0.2) is 30.3 Å². The summed E-state index contributed by atoms with van der Waals surface area (Å²) in [6.45, 7) is 0. The lowest BCUT2D eigenvalue weighted by Gasteiger charge is -2.09. The highest BCUT2D eigenvalue weighted by Gasteiger charge is 2.14. The molecule has 5 heteroatoms. The summed E-state index contributed by atoms with van der Waals surface area (Å²) in [5, 5.41) is 0. The molecule has 1 aromatic rings. The van der Waals surface area contributed by atoms with Crippen molar-refractivity contribution in [3.05, 3.63) is 35.9 Å². The van der Waals surface area contributed by atoms with E-state index in [2.05, 4.69) is 0 Å². The number of hydrogen-bond acceptors (Lipinski definition) is 5. The lowest BCUT2D eigenvalue weighted by Crippen LogP contribution is -2.31. The Balaban J connectivity index is 2.20. The van der Waals surface area contributed by atoms with E-state index in [1.807, 2.05) is 36.6 Å². The van der Waals surface area contributed by atoms with E-state index in [0.29, 0.717) is 12.2 Å². The number of hydrogen-bond donors (Lipinski definition) is 1. The number of carbonyl (C=O) groups excluding carboxylic acids is 1. The van der Waals surface area contributed by atoms with Gasteiger partial charge in [0.25, 0.3) is 0 Å². The molecule has 0 aliphatic rings. The van der Waals surface area contributed by atoms with Gasteiger partial charge in [0, 0.05) is 0 Å². The Morgan fingerprint density at radius 2 is 2.12 bits per heavy atom. The summed E-state index contributed by atoms with van der Waals surface area (Å²) in [7, 11) is 0. The van der Waals surface area contributed by atoms with Crippen LogP contribution < -0.4 is 5.73 Å². The van der Waals surface area contributed by atoms with E-state index in [1.54, 1.807) is 11.8 Å². The van der Waals surface area contributed by atoms with Gasteiger partial charge in [-0.1, -0.05) is 30.3 Å². The van der Waals surface area contributed by atoms with Gasteiger partial charge >= 0.3 is 5.97 Å². The first-order chi connectivity index (χ1) is 8.24. The van der Waals surface area contributed by atoms with E-state index in [-0.39, 0.29) is 5.97 Å². The van der Waals surface area contributed by atoms with E-state index < -0.39 is 6.04 Å². The van der Waals surface area contributed by atoms with Crippen molar-refractivity contribution in [1.82, 2.24) is 0 Å². The number of carbonyl (C=O) groups is 1. The van der Waals surface area contributed by atoms with Crippen molar-refractivity contribution >= 4 is 29.8 Å². The molecule has 0 heterocycles. The summed E-state index contributed by atoms with van der Waals surface area (Å²) in [6.07, 6.45) is 2.65. The third kappa shape index (κ3) is 6.00. The van der Waals surface area contributed by atoms with Crippen LogP contribution in [0.3, 0.4) is 0 Å². The van der Waals surface area contributed by atoms with E-state index in [4.69, 9.17) is 9.92 Å². The SMILES string of the molecule is CSCC[C@H](N)C(=O)OSCc1ccccc1. The van der Waals surface area contributed by atoms with Crippen molar-refractivity contribution in [2.24, 2.45) is 5.73 Å². The summed E-state index contributed by atoms with van der Waals surface area (Å²) in [4.78, 5) is 11.5. The number of benzene rings is 1. The Morgan fingerprint density at radius 3 is 2.76 bits per heavy atom. The highest BCUT2D eigenvalue weighted by atomic mass is 32.2. The second-order valence-corrected chi connectivity index (χ2v) is 5.21. The normalized spacial score (nSPS) is 12.1. The molecule has 0 saturated heterocycles. The summed E-state index contributed by atoms with van der Waals surface area (Å²) in [5.41, 5.74) is 6.81. The molecule has 0 fully saturated rings. The molecule has 0 bridgehead atoms. The van der Waals surface area contributed by atoms with Gasteiger partial charge in [0.2, 0.25) is 0 Å². The molecular formula is C12H17NO2S2. The Hall–Kier alpha value is -0.650. The third-order valence-electron chi connectivity index (χ3n) is 2.15. The highest BCUT2D eigenvalue weighted by Crippen LogP contribution is 2.14. The zero-order valence-corrected chi connectivity index (χ0v) is 11.4. The van der Waals surface area contributed by atoms with Crippen LogP contribution in [0.2, 0.25) is 0 Å². The lowest BCUT2D eigenvalue weighted by molar-refractivity contribution is -0.134. The van der Waals surface area contributed by atoms with Crippen LogP contribution in [0.25, 0.3) is 0 Å². The fourth-order valence-electron chi connectivity index (χ4n) is 1.15. The minimum absolute atomic E-state index is 0.333. The van der Waals surface area contributed by atoms with Gasteiger partial charge in [0.05, 0.1) is 17.8 Å². The summed E-state index contributed by atoms with van der Waals surface area (Å²) in [6, 6.07) is 9.36. The number of nitrogens with two attached hydrogens (primary N) is 1. The quantitative estimate of drug-likeness (QED) is 0.772. The molecule has 94 valence electrons. The molecule has 1 atom stereocenters. The second kappa shape index (κ2) is 8.44. The standard InChI is InChI=1S/C12H17NO2S2/c1-16-8-7-11(13)12(14)15-17-9-10-5-3-2-4-6-10/h2-6,11H,7-9,13H2,1H3/t11-/m0/s1. The smallest absolute Gasteiger partial charge is 0.334 e. The van der Waals surface area contributed by atoms with Gasteiger partial charge in [-0.2, -0.15) is 11.8 Å². The van der Waals surface area contributed by atoms with Crippen LogP contribution in [0.5, 0.6) is 0 Å². The summed E-state index contributed by atoms with van der Waals surface area (Å²) >= 11 is 2.81. The van der Waals surface area contributed by atoms with Gasteiger partial charge in [-0.25, -0.2) is 4.79 Å². The van der Waals surface area contributed by atoms with Crippen molar-refractivity contribution in [2.45, 2.75) is 18.2 Å². The Kier molecular flexibility index (Phi) is 7.16. The summed E-state index contributed by atoms with van der Waals surface area (Å²) in [5.74, 6) is 1.20. The maximum Gasteiger partial charge on any atom is 0.334 e. The average molecular weight is 271 g/mol. The Bertz CT molecular complexity index is 333. The van der Waals surface area contributed by atoms with E-state index in [1.165, 1.54) is 0 Å². The van der Waals surface area contributed by atoms with Crippen LogP contribution in [-0.2, 0) is 14.7 Å². The zero-order valence-electron chi connectivity index (χ0n) is 9.80. The van der Waals surface area contributed by atoms with Gasteiger partial charge < -0.3 is 9.92 Å². The Morgan fingerprint density at radius 1 is 1.41 bits per heavy atom. The topological polar surface area (TPSA) is 52.3 Å². The molecular weight excluding hydrogens is 254 g/mol. The molecule has 0 spiro atoms. The zero-order chi connectivity index (χ0) is 12.5. The van der Waals surface area contributed by atoms with Crippen molar-refractivity contribution in [3.8, 4) is 0 Å². The molecule has 0 amide bonds. The van der Waals surface area contributed by atoms with Crippen molar-refractivity contribution in [3.63, 3.8) is 0 Å². The maximum absolute atomic E-state index is 11.5. The van der Waals surface area contributed by atoms with Gasteiger partial charge in [-0.05, 0) is 24.0 Å². The first kappa shape index (κ1) is 14.4. The number of rotatable bonds is 7. The van der Waals surface area contributed by atoms with Crippen LogP contribution in [0.4, 0.5) is 0 Å². The van der Waals surface area contributed by atoms with Gasteiger partial charge in [0.15, 0.2) is 0 Å². The molecule has 0 radical (unpaired) electrons. The minimum Gasteiger partial charge on any atom is -0.390 e. The van der Waals surface area contributed by atoms with Crippen LogP contribution >= 0.6 is 23.8 Å². The molecule has 1 aromatic carbocycles.